The van der Waals surface area contributed by atoms with Crippen LogP contribution in [0.25, 0.3) is 20.9 Å². The van der Waals surface area contributed by atoms with Crippen molar-refractivity contribution in [1.29, 1.82) is 0 Å². The number of hydrogen-bond acceptors (Lipinski definition) is 2. The van der Waals surface area contributed by atoms with Gasteiger partial charge in [0.2, 0.25) is 0 Å². The van der Waals surface area contributed by atoms with E-state index in [1.165, 1.54) is 43.1 Å². The predicted molar refractivity (Wildman–Crippen MR) is 92.0 cm³/mol. The molecule has 0 amide bonds. The number of fused-ring (bicyclic) bond motifs is 2. The topological polar surface area (TPSA) is 0 Å². The Labute approximate surface area is 178 Å². The summed E-state index contributed by atoms with van der Waals surface area (Å²) >= 11 is 3.64. The van der Waals surface area contributed by atoms with Crippen LogP contribution in [0.3, 0.4) is 0 Å². The molecule has 120 valence electrons. The monoisotopic (exact) mass is 458 g/mol. The van der Waals surface area contributed by atoms with Gasteiger partial charge >= 0.3 is 26.2 Å². The molecular weight excluding hydrogens is 442 g/mol. The zero-order chi connectivity index (χ0) is 14.3. The second-order valence-corrected chi connectivity index (χ2v) is 7.20. The SMILES string of the molecule is Cc1cc2s[cH-]cc-2c1C.Cc1cc2s[cH-]cc-2c1C.[Cl-].[Cl-].[Zr+4]. The molecule has 0 bridgehead atoms. The minimum absolute atomic E-state index is 0. The van der Waals surface area contributed by atoms with E-state index in [1.54, 1.807) is 0 Å². The van der Waals surface area contributed by atoms with Crippen LogP contribution in [0.5, 0.6) is 0 Å². The van der Waals surface area contributed by atoms with Crippen molar-refractivity contribution in [2.45, 2.75) is 27.7 Å². The first-order chi connectivity index (χ1) is 9.58. The van der Waals surface area contributed by atoms with Crippen molar-refractivity contribution in [1.82, 2.24) is 0 Å². The van der Waals surface area contributed by atoms with E-state index in [9.17, 15) is 0 Å². The molecule has 0 N–H and O–H groups in total. The minimum Gasteiger partial charge on any atom is -1.00 e. The van der Waals surface area contributed by atoms with Crippen molar-refractivity contribution < 1.29 is 51.0 Å². The Kier molecular flexibility index (Phi) is 9.57. The first-order valence-corrected chi connectivity index (χ1v) is 8.54. The van der Waals surface area contributed by atoms with Gasteiger partial charge in [0.05, 0.1) is 0 Å². The molecule has 0 fully saturated rings. The fourth-order valence-electron chi connectivity index (χ4n) is 2.52. The van der Waals surface area contributed by atoms with Gasteiger partial charge in [-0.3, -0.25) is 22.7 Å². The normalized spacial score (nSPS) is 9.57. The maximum atomic E-state index is 2.26. The Hall–Kier alpha value is 0.0831. The quantitative estimate of drug-likeness (QED) is 0.333. The summed E-state index contributed by atoms with van der Waals surface area (Å²) in [6.45, 7) is 8.71. The maximum Gasteiger partial charge on any atom is 4.00 e. The van der Waals surface area contributed by atoms with E-state index in [0.717, 1.165) is 0 Å². The van der Waals surface area contributed by atoms with Crippen molar-refractivity contribution >= 4 is 22.7 Å². The van der Waals surface area contributed by atoms with Crippen molar-refractivity contribution in [2.24, 2.45) is 0 Å². The molecule has 0 atom stereocenters. The van der Waals surface area contributed by atoms with E-state index in [0.29, 0.717) is 0 Å². The van der Waals surface area contributed by atoms with Crippen molar-refractivity contribution in [3.63, 3.8) is 0 Å². The summed E-state index contributed by atoms with van der Waals surface area (Å²) in [6, 6.07) is 8.91. The Balaban J connectivity index is 0.000000372. The van der Waals surface area contributed by atoms with E-state index in [2.05, 4.69) is 62.7 Å². The standard InChI is InChI=1S/2C9H9S.2ClH.Zr/c2*1-6-5-9-8(7(6)2)3-4-10-9;;;/h2*3-5H,1-2H3;2*1H;/q2*-1;;;+4/p-2. The third-order valence-electron chi connectivity index (χ3n) is 4.08. The number of aryl methyl sites for hydroxylation is 2. The van der Waals surface area contributed by atoms with Gasteiger partial charge in [0, 0.05) is 0 Å². The van der Waals surface area contributed by atoms with Gasteiger partial charge in [0.15, 0.2) is 0 Å². The predicted octanol–water partition coefficient (Wildman–Crippen LogP) is 0.383. The summed E-state index contributed by atoms with van der Waals surface area (Å²) in [5, 5.41) is 4.30. The van der Waals surface area contributed by atoms with E-state index >= 15 is 0 Å². The zero-order valence-corrected chi connectivity index (χ0v) is 19.1. The average molecular weight is 461 g/mol. The van der Waals surface area contributed by atoms with E-state index in [-0.39, 0.29) is 51.0 Å². The maximum absolute atomic E-state index is 2.26. The molecule has 4 aliphatic rings. The number of halogens is 2. The van der Waals surface area contributed by atoms with Crippen molar-refractivity contribution in [3.05, 3.63) is 57.3 Å². The minimum atomic E-state index is 0. The van der Waals surface area contributed by atoms with E-state index in [1.807, 2.05) is 22.7 Å². The molecule has 2 aliphatic carbocycles. The summed E-state index contributed by atoms with van der Waals surface area (Å²) in [6.07, 6.45) is 0. The molecule has 0 spiro atoms. The smallest absolute Gasteiger partial charge is 1.00 e. The zero-order valence-electron chi connectivity index (χ0n) is 13.5. The van der Waals surface area contributed by atoms with Crippen LogP contribution in [-0.2, 0) is 26.2 Å². The molecule has 0 aromatic heterocycles. The van der Waals surface area contributed by atoms with Gasteiger partial charge in [0.25, 0.3) is 0 Å². The van der Waals surface area contributed by atoms with Gasteiger partial charge in [-0.25, -0.2) is 0 Å². The molecule has 23 heavy (non-hydrogen) atoms. The Bertz CT molecular complexity index is 709. The summed E-state index contributed by atoms with van der Waals surface area (Å²) in [5.41, 5.74) is 8.58. The van der Waals surface area contributed by atoms with Crippen LogP contribution in [0.1, 0.15) is 22.3 Å². The van der Waals surface area contributed by atoms with Crippen molar-refractivity contribution in [3.8, 4) is 20.9 Å². The first kappa shape index (κ1) is 23.1. The summed E-state index contributed by atoms with van der Waals surface area (Å²) in [5.74, 6) is 0. The molecule has 0 saturated heterocycles. The van der Waals surface area contributed by atoms with Gasteiger partial charge in [-0.05, 0) is 13.8 Å². The fourth-order valence-corrected chi connectivity index (χ4v) is 4.41. The van der Waals surface area contributed by atoms with Crippen LogP contribution >= 0.6 is 22.7 Å². The largest absolute Gasteiger partial charge is 4.00 e. The van der Waals surface area contributed by atoms with Crippen LogP contribution in [0.2, 0.25) is 0 Å². The third kappa shape index (κ3) is 4.58. The fraction of sp³-hybridized carbons (Fsp3) is 0.222. The van der Waals surface area contributed by atoms with Crippen LogP contribution in [0.15, 0.2) is 35.0 Å². The molecule has 0 aromatic carbocycles. The second kappa shape index (κ2) is 9.54. The molecule has 0 unspecified atom stereocenters. The molecule has 4 rings (SSSR count). The second-order valence-electron chi connectivity index (χ2n) is 5.30. The van der Waals surface area contributed by atoms with Crippen LogP contribution < -0.4 is 24.8 Å². The van der Waals surface area contributed by atoms with Crippen LogP contribution in [0.4, 0.5) is 0 Å². The number of rotatable bonds is 0. The van der Waals surface area contributed by atoms with Crippen LogP contribution in [-0.4, -0.2) is 0 Å². The van der Waals surface area contributed by atoms with Crippen molar-refractivity contribution in [2.75, 3.05) is 0 Å². The molecule has 0 nitrogen and oxygen atoms in total. The Morgan fingerprint density at radius 3 is 1.35 bits per heavy atom. The van der Waals surface area contributed by atoms with Gasteiger partial charge in [0.1, 0.15) is 0 Å². The number of thiophene rings is 2. The molecule has 5 heteroatoms. The first-order valence-electron chi connectivity index (χ1n) is 6.78. The molecule has 0 aromatic rings. The molecule has 2 aliphatic heterocycles. The van der Waals surface area contributed by atoms with Gasteiger partial charge in [-0.2, -0.15) is 23.3 Å². The molecular formula is C18H18Cl2S2Zr. The van der Waals surface area contributed by atoms with E-state index in [4.69, 9.17) is 0 Å². The van der Waals surface area contributed by atoms with Gasteiger partial charge in [-0.1, -0.05) is 25.0 Å². The average Bonchev–Trinajstić information content (AvgIpc) is 3.13. The third-order valence-corrected chi connectivity index (χ3v) is 5.80. The van der Waals surface area contributed by atoms with Gasteiger partial charge < -0.3 is 24.8 Å². The summed E-state index contributed by atoms with van der Waals surface area (Å²) < 4.78 is 0. The summed E-state index contributed by atoms with van der Waals surface area (Å²) in [4.78, 5) is 2.85. The Morgan fingerprint density at radius 1 is 0.696 bits per heavy atom. The van der Waals surface area contributed by atoms with Gasteiger partial charge in [-0.15, -0.1) is 43.8 Å². The number of hydrogen-bond donors (Lipinski definition) is 0. The van der Waals surface area contributed by atoms with Crippen LogP contribution in [0, 0.1) is 27.7 Å². The Morgan fingerprint density at radius 2 is 1.04 bits per heavy atom. The molecule has 0 saturated carbocycles. The van der Waals surface area contributed by atoms with E-state index < -0.39 is 0 Å². The molecule has 0 radical (unpaired) electrons. The molecule has 2 heterocycles. The summed E-state index contributed by atoms with van der Waals surface area (Å²) in [7, 11) is 0.